The Labute approximate surface area is 85.4 Å². The van der Waals surface area contributed by atoms with Crippen LogP contribution in [0.2, 0.25) is 0 Å². The molecule has 0 aliphatic heterocycles. The lowest BCUT2D eigenvalue weighted by Crippen LogP contribution is -2.32. The van der Waals surface area contributed by atoms with Crippen LogP contribution in [0.25, 0.3) is 0 Å². The van der Waals surface area contributed by atoms with Crippen molar-refractivity contribution in [3.05, 3.63) is 0 Å². The standard InChI is InChI=1S/C7H17N2PS2/c1-5(2)10(12,6(3)4)9-7(8)11/h5-6H,1-4H3,(H3,8,9,11,12). The van der Waals surface area contributed by atoms with Gasteiger partial charge in [0.05, 0.1) is 0 Å². The average Bonchev–Trinajstić information content (AvgIpc) is 1.84. The lowest BCUT2D eigenvalue weighted by atomic mass is 10.5. The van der Waals surface area contributed by atoms with E-state index in [1.165, 1.54) is 0 Å². The van der Waals surface area contributed by atoms with Crippen molar-refractivity contribution < 1.29 is 0 Å². The van der Waals surface area contributed by atoms with E-state index in [4.69, 9.17) is 29.8 Å². The molecule has 0 heterocycles. The minimum Gasteiger partial charge on any atom is -0.376 e. The van der Waals surface area contributed by atoms with Crippen molar-refractivity contribution in [2.45, 2.75) is 39.0 Å². The summed E-state index contributed by atoms with van der Waals surface area (Å²) in [7, 11) is 0. The molecule has 0 saturated carbocycles. The monoisotopic (exact) mass is 224 g/mol. The summed E-state index contributed by atoms with van der Waals surface area (Å²) in [6.45, 7) is 8.47. The molecule has 0 fully saturated rings. The van der Waals surface area contributed by atoms with Crippen molar-refractivity contribution in [3.63, 3.8) is 0 Å². The van der Waals surface area contributed by atoms with E-state index in [1.54, 1.807) is 0 Å². The molecule has 12 heavy (non-hydrogen) atoms. The van der Waals surface area contributed by atoms with Gasteiger partial charge in [0.15, 0.2) is 5.11 Å². The highest BCUT2D eigenvalue weighted by Gasteiger charge is 2.25. The summed E-state index contributed by atoms with van der Waals surface area (Å²) in [6, 6.07) is 0. The summed E-state index contributed by atoms with van der Waals surface area (Å²) in [5, 5.41) is 3.42. The first-order valence-corrected chi connectivity index (χ1v) is 7.32. The molecule has 72 valence electrons. The van der Waals surface area contributed by atoms with E-state index in [2.05, 4.69) is 32.8 Å². The summed E-state index contributed by atoms with van der Waals surface area (Å²) >= 11 is 10.4. The summed E-state index contributed by atoms with van der Waals surface area (Å²) < 4.78 is 0. The third kappa shape index (κ3) is 3.00. The predicted molar refractivity (Wildman–Crippen MR) is 64.5 cm³/mol. The zero-order valence-electron chi connectivity index (χ0n) is 8.00. The summed E-state index contributed by atoms with van der Waals surface area (Å²) in [5.74, 6) is 0. The minimum absolute atomic E-state index is 0.334. The molecule has 0 saturated heterocycles. The van der Waals surface area contributed by atoms with E-state index in [-0.39, 0.29) is 0 Å². The summed E-state index contributed by atoms with van der Waals surface area (Å²) in [4.78, 5) is 0. The predicted octanol–water partition coefficient (Wildman–Crippen LogP) is 2.03. The number of thiocarbonyl (C=S) groups is 1. The maximum atomic E-state index is 5.56. The smallest absolute Gasteiger partial charge is 0.167 e. The topological polar surface area (TPSA) is 38.0 Å². The van der Waals surface area contributed by atoms with Gasteiger partial charge in [0.25, 0.3) is 0 Å². The van der Waals surface area contributed by atoms with Crippen LogP contribution in [0.1, 0.15) is 27.7 Å². The highest BCUT2D eigenvalue weighted by Crippen LogP contribution is 2.50. The first-order valence-electron chi connectivity index (χ1n) is 3.97. The molecule has 2 nitrogen and oxygen atoms in total. The van der Waals surface area contributed by atoms with Crippen LogP contribution < -0.4 is 10.8 Å². The van der Waals surface area contributed by atoms with Gasteiger partial charge in [-0.05, 0) is 23.5 Å². The fourth-order valence-electron chi connectivity index (χ4n) is 1.03. The molecule has 0 atom stereocenters. The SMILES string of the molecule is CC(C)P(=S)(NC(N)=S)C(C)C. The van der Waals surface area contributed by atoms with E-state index in [9.17, 15) is 0 Å². The Hall–Kier alpha value is 0.340. The van der Waals surface area contributed by atoms with E-state index < -0.39 is 6.19 Å². The van der Waals surface area contributed by atoms with Gasteiger partial charge in [-0.2, -0.15) is 0 Å². The molecule has 0 radical (unpaired) electrons. The molecule has 0 bridgehead atoms. The fraction of sp³-hybridized carbons (Fsp3) is 0.857. The van der Waals surface area contributed by atoms with Crippen molar-refractivity contribution in [2.24, 2.45) is 5.73 Å². The van der Waals surface area contributed by atoms with E-state index in [0.717, 1.165) is 0 Å². The maximum absolute atomic E-state index is 5.56. The molecule has 5 heteroatoms. The largest absolute Gasteiger partial charge is 0.376 e. The molecule has 0 aliphatic rings. The van der Waals surface area contributed by atoms with Crippen molar-refractivity contribution >= 4 is 35.3 Å². The third-order valence-corrected chi connectivity index (χ3v) is 8.54. The van der Waals surface area contributed by atoms with Gasteiger partial charge in [-0.1, -0.05) is 39.5 Å². The van der Waals surface area contributed by atoms with Gasteiger partial charge in [0.1, 0.15) is 0 Å². The second-order valence-corrected chi connectivity index (χ2v) is 9.33. The Morgan fingerprint density at radius 1 is 1.25 bits per heavy atom. The van der Waals surface area contributed by atoms with Crippen LogP contribution >= 0.6 is 18.4 Å². The highest BCUT2D eigenvalue weighted by atomic mass is 32.4. The van der Waals surface area contributed by atoms with Gasteiger partial charge >= 0.3 is 0 Å². The molecule has 3 N–H and O–H groups in total. The zero-order chi connectivity index (χ0) is 9.94. The fourth-order valence-corrected chi connectivity index (χ4v) is 4.00. The normalized spacial score (nSPS) is 12.2. The molecule has 0 aromatic rings. The molecule has 0 rings (SSSR count). The molecule has 0 amide bonds. The van der Waals surface area contributed by atoms with E-state index in [1.807, 2.05) is 0 Å². The van der Waals surface area contributed by atoms with Crippen molar-refractivity contribution in [3.8, 4) is 0 Å². The summed E-state index contributed by atoms with van der Waals surface area (Å²) in [6.07, 6.45) is -1.60. The zero-order valence-corrected chi connectivity index (χ0v) is 10.5. The number of nitrogens with two attached hydrogens (primary N) is 1. The van der Waals surface area contributed by atoms with Gasteiger partial charge < -0.3 is 10.8 Å². The van der Waals surface area contributed by atoms with Crippen LogP contribution in [0.3, 0.4) is 0 Å². The van der Waals surface area contributed by atoms with Crippen LogP contribution in [0.5, 0.6) is 0 Å². The molecule has 0 unspecified atom stereocenters. The average molecular weight is 224 g/mol. The Balaban J connectivity index is 4.64. The van der Waals surface area contributed by atoms with E-state index >= 15 is 0 Å². The van der Waals surface area contributed by atoms with Crippen LogP contribution in [0.15, 0.2) is 0 Å². The third-order valence-electron chi connectivity index (χ3n) is 1.82. The van der Waals surface area contributed by atoms with Gasteiger partial charge in [0, 0.05) is 6.19 Å². The molecule has 0 spiro atoms. The first kappa shape index (κ1) is 12.3. The Morgan fingerprint density at radius 3 is 1.67 bits per heavy atom. The number of nitrogens with one attached hydrogen (secondary N) is 1. The van der Waals surface area contributed by atoms with Crippen molar-refractivity contribution in [1.82, 2.24) is 5.09 Å². The maximum Gasteiger partial charge on any atom is 0.167 e. The van der Waals surface area contributed by atoms with Crippen LogP contribution in [-0.4, -0.2) is 16.4 Å². The van der Waals surface area contributed by atoms with Gasteiger partial charge in [-0.25, -0.2) is 0 Å². The Bertz CT molecular complexity index is 201. The number of rotatable bonds is 3. The lowest BCUT2D eigenvalue weighted by molar-refractivity contribution is 0.988. The molecular weight excluding hydrogens is 207 g/mol. The number of hydrogen-bond donors (Lipinski definition) is 2. The molecule has 0 aliphatic carbocycles. The van der Waals surface area contributed by atoms with E-state index in [0.29, 0.717) is 16.4 Å². The second kappa shape index (κ2) is 4.54. The second-order valence-electron chi connectivity index (χ2n) is 3.37. The quantitative estimate of drug-likeness (QED) is 0.568. The van der Waals surface area contributed by atoms with Crippen LogP contribution in [0.4, 0.5) is 0 Å². The van der Waals surface area contributed by atoms with Crippen LogP contribution in [0, 0.1) is 0 Å². The first-order chi connectivity index (χ1) is 5.30. The Morgan fingerprint density at radius 2 is 1.58 bits per heavy atom. The van der Waals surface area contributed by atoms with Gasteiger partial charge in [-0.15, -0.1) is 0 Å². The molecular formula is C7H17N2PS2. The lowest BCUT2D eigenvalue weighted by Gasteiger charge is -2.31. The minimum atomic E-state index is -1.60. The molecule has 0 aromatic heterocycles. The highest BCUT2D eigenvalue weighted by molar-refractivity contribution is 8.14. The Kier molecular flexibility index (Phi) is 4.67. The van der Waals surface area contributed by atoms with Crippen LogP contribution in [-0.2, 0) is 11.8 Å². The molecule has 0 aromatic carbocycles. The van der Waals surface area contributed by atoms with Crippen molar-refractivity contribution in [2.75, 3.05) is 0 Å². The number of hydrogen-bond acceptors (Lipinski definition) is 2. The van der Waals surface area contributed by atoms with Gasteiger partial charge in [-0.3, -0.25) is 0 Å². The van der Waals surface area contributed by atoms with Gasteiger partial charge in [0.2, 0.25) is 0 Å². The summed E-state index contributed by atoms with van der Waals surface area (Å²) in [5.41, 5.74) is 6.31. The van der Waals surface area contributed by atoms with Crippen molar-refractivity contribution in [1.29, 1.82) is 0 Å².